The van der Waals surface area contributed by atoms with Crippen molar-refractivity contribution in [2.75, 3.05) is 0 Å². The molecule has 1 N–H and O–H groups in total. The van der Waals surface area contributed by atoms with E-state index in [-0.39, 0.29) is 17.0 Å². The monoisotopic (exact) mass is 168 g/mol. The maximum atomic E-state index is 11.0. The molecule has 3 nitrogen and oxygen atoms in total. The summed E-state index contributed by atoms with van der Waals surface area (Å²) in [5, 5.41) is 8.57. The molecule has 0 fully saturated rings. The van der Waals surface area contributed by atoms with Gasteiger partial charge in [-0.1, -0.05) is 11.6 Å². The second-order valence-corrected chi connectivity index (χ2v) is 2.41. The first-order valence-corrected chi connectivity index (χ1v) is 3.36. The minimum absolute atomic E-state index is 0.118. The van der Waals surface area contributed by atoms with Crippen LogP contribution in [0.3, 0.4) is 0 Å². The highest BCUT2D eigenvalue weighted by atomic mass is 35.5. The lowest BCUT2D eigenvalue weighted by Gasteiger charge is -1.92. The van der Waals surface area contributed by atoms with Crippen LogP contribution >= 0.6 is 11.6 Å². The highest BCUT2D eigenvalue weighted by Crippen LogP contribution is 1.99. The zero-order chi connectivity index (χ0) is 8.27. The Labute approximate surface area is 68.2 Å². The van der Waals surface area contributed by atoms with Gasteiger partial charge >= 0.3 is 0 Å². The summed E-state index contributed by atoms with van der Waals surface area (Å²) in [6, 6.07) is 3.14. The zero-order valence-electron chi connectivity index (χ0n) is 5.60. The fraction of sp³-hybridized carbons (Fsp3) is 0.143. The second kappa shape index (κ2) is 3.22. The van der Waals surface area contributed by atoms with E-state index in [1.165, 1.54) is 12.3 Å². The number of halogens is 1. The van der Waals surface area contributed by atoms with Crippen LogP contribution in [0.4, 0.5) is 0 Å². The summed E-state index contributed by atoms with van der Waals surface area (Å²) in [4.78, 5) is 13.6. The molecule has 0 atom stereocenters. The minimum Gasteiger partial charge on any atom is -0.352 e. The Bertz CT molecular complexity index is 350. The van der Waals surface area contributed by atoms with Crippen molar-refractivity contribution >= 4 is 11.6 Å². The topological polar surface area (TPSA) is 56.6 Å². The number of nitrogens with one attached hydrogen (secondary N) is 1. The first-order chi connectivity index (χ1) is 5.24. The number of nitrogens with zero attached hydrogens (tertiary/aromatic N) is 1. The second-order valence-electron chi connectivity index (χ2n) is 2.01. The van der Waals surface area contributed by atoms with E-state index in [0.29, 0.717) is 5.56 Å². The quantitative estimate of drug-likeness (QED) is 0.639. The average Bonchev–Trinajstić information content (AvgIpc) is 1.95. The van der Waals surface area contributed by atoms with Gasteiger partial charge in [-0.05, 0) is 0 Å². The molecule has 1 heterocycles. The number of rotatable bonds is 1. The predicted octanol–water partition coefficient (Wildman–Crippen LogP) is 1.09. The van der Waals surface area contributed by atoms with Crippen LogP contribution in [-0.4, -0.2) is 4.98 Å². The smallest absolute Gasteiger partial charge is 0.187 e. The normalized spacial score (nSPS) is 9.09. The molecular weight excluding hydrogens is 164 g/mol. The van der Waals surface area contributed by atoms with Crippen LogP contribution in [0.5, 0.6) is 0 Å². The van der Waals surface area contributed by atoms with Gasteiger partial charge in [0.15, 0.2) is 5.43 Å². The minimum atomic E-state index is -0.199. The lowest BCUT2D eigenvalue weighted by Crippen LogP contribution is -2.06. The maximum Gasteiger partial charge on any atom is 0.187 e. The molecule has 0 aliphatic rings. The summed E-state index contributed by atoms with van der Waals surface area (Å²) in [5.74, 6) is 0. The van der Waals surface area contributed by atoms with Gasteiger partial charge in [-0.15, -0.1) is 0 Å². The molecule has 1 rings (SSSR count). The van der Waals surface area contributed by atoms with Gasteiger partial charge in [0.1, 0.15) is 5.15 Å². The van der Waals surface area contributed by atoms with Crippen LogP contribution in [0.1, 0.15) is 5.56 Å². The van der Waals surface area contributed by atoms with Gasteiger partial charge in [-0.2, -0.15) is 5.26 Å². The van der Waals surface area contributed by atoms with Crippen molar-refractivity contribution in [2.24, 2.45) is 0 Å². The number of hydrogen-bond donors (Lipinski definition) is 1. The maximum absolute atomic E-state index is 11.0. The van der Waals surface area contributed by atoms with E-state index in [1.54, 1.807) is 0 Å². The number of H-pyrrole nitrogens is 1. The Balaban J connectivity index is 3.12. The summed E-state index contributed by atoms with van der Waals surface area (Å²) in [7, 11) is 0. The fourth-order valence-corrected chi connectivity index (χ4v) is 0.854. The van der Waals surface area contributed by atoms with Crippen molar-refractivity contribution in [2.45, 2.75) is 6.42 Å². The lowest BCUT2D eigenvalue weighted by molar-refractivity contribution is 1.16. The van der Waals surface area contributed by atoms with Gasteiger partial charge in [-0.3, -0.25) is 4.79 Å². The van der Waals surface area contributed by atoms with Crippen LogP contribution < -0.4 is 5.43 Å². The Kier molecular flexibility index (Phi) is 2.29. The van der Waals surface area contributed by atoms with Gasteiger partial charge in [0.05, 0.1) is 12.5 Å². The SMILES string of the molecule is N#CCc1c[nH]c(Cl)cc1=O. The summed E-state index contributed by atoms with van der Waals surface area (Å²) >= 11 is 5.48. The first kappa shape index (κ1) is 7.83. The Morgan fingerprint density at radius 2 is 2.45 bits per heavy atom. The molecule has 0 aromatic carbocycles. The molecule has 0 saturated heterocycles. The molecule has 56 valence electrons. The third kappa shape index (κ3) is 1.82. The highest BCUT2D eigenvalue weighted by Gasteiger charge is 1.97. The van der Waals surface area contributed by atoms with Crippen LogP contribution in [0.25, 0.3) is 0 Å². The molecule has 0 saturated carbocycles. The van der Waals surface area contributed by atoms with Crippen molar-refractivity contribution in [1.82, 2.24) is 4.98 Å². The van der Waals surface area contributed by atoms with Gasteiger partial charge in [0.2, 0.25) is 0 Å². The van der Waals surface area contributed by atoms with Crippen molar-refractivity contribution in [3.63, 3.8) is 0 Å². The van der Waals surface area contributed by atoms with E-state index in [2.05, 4.69) is 4.98 Å². The van der Waals surface area contributed by atoms with E-state index >= 15 is 0 Å². The van der Waals surface area contributed by atoms with E-state index in [1.807, 2.05) is 6.07 Å². The third-order valence-electron chi connectivity index (χ3n) is 1.23. The van der Waals surface area contributed by atoms with Crippen molar-refractivity contribution in [3.8, 4) is 6.07 Å². The largest absolute Gasteiger partial charge is 0.352 e. The van der Waals surface area contributed by atoms with Gasteiger partial charge in [0.25, 0.3) is 0 Å². The lowest BCUT2D eigenvalue weighted by atomic mass is 10.2. The molecule has 0 radical (unpaired) electrons. The molecule has 0 aliphatic carbocycles. The number of aromatic amines is 1. The molecular formula is C7H5ClN2O. The molecule has 0 aliphatic heterocycles. The Morgan fingerprint density at radius 1 is 1.73 bits per heavy atom. The van der Waals surface area contributed by atoms with E-state index in [0.717, 1.165) is 0 Å². The summed E-state index contributed by atoms with van der Waals surface area (Å²) in [6.07, 6.45) is 1.57. The third-order valence-corrected chi connectivity index (χ3v) is 1.45. The molecule has 11 heavy (non-hydrogen) atoms. The van der Waals surface area contributed by atoms with Crippen molar-refractivity contribution in [1.29, 1.82) is 5.26 Å². The zero-order valence-corrected chi connectivity index (χ0v) is 6.35. The number of pyridine rings is 1. The Hall–Kier alpha value is -1.27. The summed E-state index contributed by atoms with van der Waals surface area (Å²) in [5.41, 5.74) is 0.243. The Morgan fingerprint density at radius 3 is 3.00 bits per heavy atom. The number of aromatic nitrogens is 1. The summed E-state index contributed by atoms with van der Waals surface area (Å²) in [6.45, 7) is 0. The van der Waals surface area contributed by atoms with Crippen LogP contribution in [0.15, 0.2) is 17.1 Å². The van der Waals surface area contributed by atoms with Crippen LogP contribution in [0.2, 0.25) is 5.15 Å². The predicted molar refractivity (Wildman–Crippen MR) is 41.4 cm³/mol. The van der Waals surface area contributed by atoms with Crippen molar-refractivity contribution < 1.29 is 0 Å². The van der Waals surface area contributed by atoms with Crippen LogP contribution in [-0.2, 0) is 6.42 Å². The molecule has 0 bridgehead atoms. The number of nitriles is 1. The fourth-order valence-electron chi connectivity index (χ4n) is 0.700. The first-order valence-electron chi connectivity index (χ1n) is 2.98. The molecule has 1 aromatic heterocycles. The number of hydrogen-bond acceptors (Lipinski definition) is 2. The van der Waals surface area contributed by atoms with E-state index < -0.39 is 0 Å². The van der Waals surface area contributed by atoms with E-state index in [4.69, 9.17) is 16.9 Å². The van der Waals surface area contributed by atoms with Gasteiger partial charge in [-0.25, -0.2) is 0 Å². The van der Waals surface area contributed by atoms with E-state index in [9.17, 15) is 4.79 Å². The molecule has 0 unspecified atom stereocenters. The summed E-state index contributed by atoms with van der Waals surface area (Å²) < 4.78 is 0. The molecule has 0 amide bonds. The molecule has 4 heteroatoms. The van der Waals surface area contributed by atoms with Crippen LogP contribution in [0, 0.1) is 11.3 Å². The van der Waals surface area contributed by atoms with Gasteiger partial charge in [0, 0.05) is 17.8 Å². The average molecular weight is 169 g/mol. The highest BCUT2D eigenvalue weighted by molar-refractivity contribution is 6.29. The van der Waals surface area contributed by atoms with Crippen molar-refractivity contribution in [3.05, 3.63) is 33.2 Å². The molecule has 1 aromatic rings. The van der Waals surface area contributed by atoms with Gasteiger partial charge < -0.3 is 4.98 Å². The standard InChI is InChI=1S/C7H5ClN2O/c8-7-3-6(11)5(1-2-9)4-10-7/h3-4H,1H2,(H,10,11). The molecule has 0 spiro atoms.